The Labute approximate surface area is 183 Å². The molecule has 2 aromatic carbocycles. The molecule has 30 heavy (non-hydrogen) atoms. The average Bonchev–Trinajstić information content (AvgIpc) is 2.69. The van der Waals surface area contributed by atoms with Crippen LogP contribution in [0.3, 0.4) is 0 Å². The third-order valence-electron chi connectivity index (χ3n) is 3.37. The lowest BCUT2D eigenvalue weighted by atomic mass is 10.0. The van der Waals surface area contributed by atoms with Crippen molar-refractivity contribution in [2.45, 2.75) is 26.0 Å². The monoisotopic (exact) mass is 455 g/mol. The normalized spacial score (nSPS) is 10.6. The van der Waals surface area contributed by atoms with Gasteiger partial charge in [0.25, 0.3) is 0 Å². The van der Waals surface area contributed by atoms with Crippen LogP contribution in [0.1, 0.15) is 31.6 Å². The smallest absolute Gasteiger partial charge is 0.348 e. The topological polar surface area (TPSA) is 111 Å². The van der Waals surface area contributed by atoms with E-state index in [2.05, 4.69) is 16.1 Å². The third kappa shape index (κ3) is 10.7. The predicted octanol–water partition coefficient (Wildman–Crippen LogP) is 4.10. The van der Waals surface area contributed by atoms with Gasteiger partial charge in [0.15, 0.2) is 10.7 Å². The number of esters is 2. The first kappa shape index (κ1) is 27.3. The van der Waals surface area contributed by atoms with Gasteiger partial charge in [-0.2, -0.15) is 0 Å². The molecule has 0 bridgehead atoms. The van der Waals surface area contributed by atoms with E-state index in [4.69, 9.17) is 17.0 Å². The largest absolute Gasteiger partial charge is 0.466 e. The second-order valence-corrected chi connectivity index (χ2v) is 7.10. The third-order valence-corrected chi connectivity index (χ3v) is 4.57. The Kier molecular flexibility index (Phi) is 13.8. The van der Waals surface area contributed by atoms with Crippen LogP contribution in [0.2, 0.25) is 5.02 Å². The fourth-order valence-electron chi connectivity index (χ4n) is 2.15. The van der Waals surface area contributed by atoms with Gasteiger partial charge in [0.2, 0.25) is 0 Å². The lowest BCUT2D eigenvalue weighted by molar-refractivity contribution is -0.140. The lowest BCUT2D eigenvalue weighted by Gasteiger charge is -2.07. The van der Waals surface area contributed by atoms with Gasteiger partial charge in [0.05, 0.1) is 13.2 Å². The summed E-state index contributed by atoms with van der Waals surface area (Å²) >= 11 is 5.89. The van der Waals surface area contributed by atoms with Crippen LogP contribution >= 0.6 is 11.6 Å². The molecule has 0 heterocycles. The molecule has 2 aromatic rings. The molecule has 0 saturated heterocycles. The van der Waals surface area contributed by atoms with Crippen molar-refractivity contribution in [3.8, 4) is 0 Å². The molecule has 0 aromatic heterocycles. The van der Waals surface area contributed by atoms with E-state index in [0.717, 1.165) is 16.3 Å². The molecule has 0 aliphatic rings. The molecule has 0 fully saturated rings. The van der Waals surface area contributed by atoms with Crippen molar-refractivity contribution in [2.75, 3.05) is 13.2 Å². The number of carbonyl (C=O) groups excluding carboxylic acids is 2. The molecular weight excluding hydrogens is 430 g/mol. The maximum Gasteiger partial charge on any atom is 0.348 e. The number of rotatable bonds is 6. The Morgan fingerprint density at radius 3 is 2.07 bits per heavy atom. The Morgan fingerprint density at radius 1 is 1.10 bits per heavy atom. The Hall–Kier alpha value is -2.71. The number of hydrogen-bond acceptors (Lipinski definition) is 7. The van der Waals surface area contributed by atoms with E-state index >= 15 is 0 Å². The minimum Gasteiger partial charge on any atom is -0.466 e. The highest BCUT2D eigenvalue weighted by Crippen LogP contribution is 2.25. The van der Waals surface area contributed by atoms with Crippen LogP contribution in [-0.4, -0.2) is 39.8 Å². The summed E-state index contributed by atoms with van der Waals surface area (Å²) in [5.74, 6) is -0.792. The predicted molar refractivity (Wildman–Crippen MR) is 120 cm³/mol. The minimum absolute atomic E-state index is 0.211. The number of ether oxygens (including phenoxy) is 2. The summed E-state index contributed by atoms with van der Waals surface area (Å²) in [6.07, 6.45) is 2.08. The second kappa shape index (κ2) is 15.2. The van der Waals surface area contributed by atoms with Gasteiger partial charge in [-0.3, -0.25) is 4.79 Å². The number of nitrogens with one attached hydrogen (secondary N) is 1. The van der Waals surface area contributed by atoms with Crippen LogP contribution in [-0.2, 0) is 29.8 Å². The molecule has 0 amide bonds. The first-order valence-electron chi connectivity index (χ1n) is 8.95. The zero-order valence-corrected chi connectivity index (χ0v) is 18.7. The van der Waals surface area contributed by atoms with E-state index in [9.17, 15) is 18.0 Å². The summed E-state index contributed by atoms with van der Waals surface area (Å²) in [4.78, 5) is 19.8. The van der Waals surface area contributed by atoms with Crippen LogP contribution in [0.25, 0.3) is 10.8 Å². The van der Waals surface area contributed by atoms with Crippen molar-refractivity contribution >= 4 is 51.2 Å². The van der Waals surface area contributed by atoms with Crippen molar-refractivity contribution in [1.29, 1.82) is 5.41 Å². The quantitative estimate of drug-likeness (QED) is 0.293. The van der Waals surface area contributed by atoms with Crippen LogP contribution in [0, 0.1) is 5.41 Å². The SMILES string of the molecule is C=CC(c1ccc2cc(Cl)ccc2c1)[SH](=O)=O.CCOC(=O)C=N.CCOC(C)=O. The molecule has 0 aliphatic carbocycles. The highest BCUT2D eigenvalue weighted by Gasteiger charge is 2.10. The second-order valence-electron chi connectivity index (χ2n) is 5.54. The maximum absolute atomic E-state index is 11.1. The van der Waals surface area contributed by atoms with Gasteiger partial charge < -0.3 is 14.9 Å². The summed E-state index contributed by atoms with van der Waals surface area (Å²) < 4.78 is 30.8. The number of carbonyl (C=O) groups is 2. The molecule has 1 N–H and O–H groups in total. The number of fused-ring (bicyclic) bond motifs is 1. The van der Waals surface area contributed by atoms with Crippen molar-refractivity contribution in [1.82, 2.24) is 0 Å². The van der Waals surface area contributed by atoms with Crippen LogP contribution in [0.15, 0.2) is 49.1 Å². The van der Waals surface area contributed by atoms with E-state index in [1.807, 2.05) is 24.3 Å². The molecule has 7 nitrogen and oxygen atoms in total. The molecule has 0 spiro atoms. The van der Waals surface area contributed by atoms with Crippen LogP contribution < -0.4 is 0 Å². The highest BCUT2D eigenvalue weighted by molar-refractivity contribution is 7.72. The van der Waals surface area contributed by atoms with Gasteiger partial charge in [-0.25, -0.2) is 13.2 Å². The fourth-order valence-corrected chi connectivity index (χ4v) is 2.91. The highest BCUT2D eigenvalue weighted by atomic mass is 35.5. The van der Waals surface area contributed by atoms with E-state index in [1.54, 1.807) is 26.0 Å². The van der Waals surface area contributed by atoms with Gasteiger partial charge in [0, 0.05) is 11.9 Å². The summed E-state index contributed by atoms with van der Waals surface area (Å²) in [5, 5.41) is 8.30. The number of thiol groups is 1. The van der Waals surface area contributed by atoms with E-state index in [1.165, 1.54) is 13.0 Å². The van der Waals surface area contributed by atoms with E-state index < -0.39 is 21.9 Å². The van der Waals surface area contributed by atoms with Gasteiger partial charge in [-0.05, 0) is 48.4 Å². The Morgan fingerprint density at radius 2 is 1.67 bits per heavy atom. The van der Waals surface area contributed by atoms with E-state index in [0.29, 0.717) is 24.5 Å². The summed E-state index contributed by atoms with van der Waals surface area (Å²) in [6.45, 7) is 9.24. The first-order chi connectivity index (χ1) is 14.2. The van der Waals surface area contributed by atoms with Crippen molar-refractivity contribution in [3.63, 3.8) is 0 Å². The van der Waals surface area contributed by atoms with E-state index in [-0.39, 0.29) is 5.97 Å². The Balaban J connectivity index is 0.000000538. The molecule has 2 rings (SSSR count). The van der Waals surface area contributed by atoms with Crippen molar-refractivity contribution in [2.24, 2.45) is 0 Å². The molecule has 9 heteroatoms. The number of benzene rings is 2. The fraction of sp³-hybridized carbons (Fsp3) is 0.286. The summed E-state index contributed by atoms with van der Waals surface area (Å²) in [6, 6.07) is 11.0. The zero-order chi connectivity index (χ0) is 23.1. The van der Waals surface area contributed by atoms with Crippen molar-refractivity contribution < 1.29 is 27.5 Å². The molecule has 0 aliphatic heterocycles. The Bertz CT molecular complexity index is 934. The number of hydrogen-bond donors (Lipinski definition) is 2. The van der Waals surface area contributed by atoms with Crippen LogP contribution in [0.5, 0.6) is 0 Å². The molecular formula is C21H26ClNO6S. The van der Waals surface area contributed by atoms with Gasteiger partial charge >= 0.3 is 11.9 Å². The number of halogens is 1. The summed E-state index contributed by atoms with van der Waals surface area (Å²) in [7, 11) is -2.55. The molecule has 1 unspecified atom stereocenters. The molecule has 0 saturated carbocycles. The molecule has 164 valence electrons. The molecule has 0 radical (unpaired) electrons. The maximum atomic E-state index is 11.1. The van der Waals surface area contributed by atoms with Crippen molar-refractivity contribution in [3.05, 3.63) is 59.6 Å². The van der Waals surface area contributed by atoms with Gasteiger partial charge in [0.1, 0.15) is 11.5 Å². The lowest BCUT2D eigenvalue weighted by Crippen LogP contribution is -2.02. The standard InChI is InChI=1S/C13H11ClO2S.C4H7NO2.C4H8O2/c1-2-13(17(15)16)11-4-3-10-8-12(14)6-5-9(10)7-11;1-2-7-4(6)3-5;1-3-6-4(2)5/h2-8,13,17H,1H2;3,5H,2H2,1H3;3H2,1-2H3. The minimum atomic E-state index is -2.55. The van der Waals surface area contributed by atoms with Gasteiger partial charge in [-0.1, -0.05) is 35.9 Å². The van der Waals surface area contributed by atoms with Gasteiger partial charge in [-0.15, -0.1) is 6.58 Å². The summed E-state index contributed by atoms with van der Waals surface area (Å²) in [5.41, 5.74) is 0.728. The zero-order valence-electron chi connectivity index (χ0n) is 17.1. The average molecular weight is 456 g/mol. The molecule has 1 atom stereocenters. The van der Waals surface area contributed by atoms with Crippen LogP contribution in [0.4, 0.5) is 0 Å². The first-order valence-corrected chi connectivity index (χ1v) is 10.6.